The molecule has 4 aromatic rings. The highest BCUT2D eigenvalue weighted by molar-refractivity contribution is 7.14. The van der Waals surface area contributed by atoms with E-state index in [9.17, 15) is 14.7 Å². The molecule has 0 aliphatic heterocycles. The number of carbonyl (C=O) groups is 2. The number of aromatic hydroxyl groups is 1. The van der Waals surface area contributed by atoms with Gasteiger partial charge in [-0.15, -0.1) is 11.3 Å². The van der Waals surface area contributed by atoms with Gasteiger partial charge in [-0.2, -0.15) is 0 Å². The first-order chi connectivity index (χ1) is 14.5. The summed E-state index contributed by atoms with van der Waals surface area (Å²) in [6, 6.07) is 19.8. The third-order valence-corrected chi connectivity index (χ3v) is 5.37. The van der Waals surface area contributed by atoms with E-state index in [4.69, 9.17) is 4.74 Å². The number of rotatable bonds is 5. The molecule has 0 bridgehead atoms. The minimum Gasteiger partial charge on any atom is -0.507 e. The van der Waals surface area contributed by atoms with Crippen molar-refractivity contribution in [2.45, 2.75) is 13.5 Å². The summed E-state index contributed by atoms with van der Waals surface area (Å²) in [5.74, 6) is -0.941. The number of carbonyl (C=O) groups excluding carboxylic acids is 2. The number of esters is 1. The minimum absolute atomic E-state index is 0.0673. The lowest BCUT2D eigenvalue weighted by molar-refractivity contribution is -0.115. The van der Waals surface area contributed by atoms with Gasteiger partial charge >= 0.3 is 5.97 Å². The van der Waals surface area contributed by atoms with Crippen molar-refractivity contribution in [3.8, 4) is 5.75 Å². The van der Waals surface area contributed by atoms with Gasteiger partial charge in [0.05, 0.1) is 11.4 Å². The van der Waals surface area contributed by atoms with Crippen LogP contribution in [0.5, 0.6) is 5.75 Å². The van der Waals surface area contributed by atoms with Crippen molar-refractivity contribution < 1.29 is 19.4 Å². The van der Waals surface area contributed by atoms with E-state index < -0.39 is 5.97 Å². The summed E-state index contributed by atoms with van der Waals surface area (Å²) in [6.45, 7) is 1.40. The maximum atomic E-state index is 12.5. The SMILES string of the molecule is CC(=O)N(c1ccccc1)c1nc(COC(=O)c2cc3ccccc3cc2O)cs1. The zero-order valence-corrected chi connectivity index (χ0v) is 16.9. The van der Waals surface area contributed by atoms with E-state index in [1.807, 2.05) is 54.6 Å². The number of benzene rings is 3. The Hall–Kier alpha value is -3.71. The number of fused-ring (bicyclic) bond motifs is 1. The van der Waals surface area contributed by atoms with Crippen LogP contribution < -0.4 is 4.90 Å². The molecular formula is C23H18N2O4S. The van der Waals surface area contributed by atoms with Crippen molar-refractivity contribution in [2.75, 3.05) is 4.90 Å². The molecule has 1 heterocycles. The molecule has 150 valence electrons. The van der Waals surface area contributed by atoms with Crippen LogP contribution in [0.15, 0.2) is 72.1 Å². The molecule has 0 unspecified atom stereocenters. The Labute approximate surface area is 177 Å². The molecule has 7 heteroatoms. The van der Waals surface area contributed by atoms with Crippen LogP contribution in [0.3, 0.4) is 0 Å². The summed E-state index contributed by atoms with van der Waals surface area (Å²) in [6.07, 6.45) is 0. The number of phenols is 1. The summed E-state index contributed by atoms with van der Waals surface area (Å²) in [4.78, 5) is 30.5. The second-order valence-corrected chi connectivity index (χ2v) is 7.44. The molecule has 1 aromatic heterocycles. The number of hydrogen-bond donors (Lipinski definition) is 1. The van der Waals surface area contributed by atoms with Crippen LogP contribution in [0, 0.1) is 0 Å². The molecule has 0 aliphatic rings. The number of thiazole rings is 1. The zero-order chi connectivity index (χ0) is 21.1. The van der Waals surface area contributed by atoms with E-state index in [2.05, 4.69) is 4.98 Å². The van der Waals surface area contributed by atoms with Crippen LogP contribution in [0.2, 0.25) is 0 Å². The number of anilines is 2. The van der Waals surface area contributed by atoms with E-state index in [-0.39, 0.29) is 23.8 Å². The highest BCUT2D eigenvalue weighted by Gasteiger charge is 2.19. The minimum atomic E-state index is -0.640. The fourth-order valence-corrected chi connectivity index (χ4v) is 3.95. The quantitative estimate of drug-likeness (QED) is 0.459. The third kappa shape index (κ3) is 4.01. The lowest BCUT2D eigenvalue weighted by Gasteiger charge is -2.17. The van der Waals surface area contributed by atoms with Crippen molar-refractivity contribution in [2.24, 2.45) is 0 Å². The van der Waals surface area contributed by atoms with E-state index in [0.717, 1.165) is 10.8 Å². The molecule has 0 radical (unpaired) electrons. The van der Waals surface area contributed by atoms with Crippen LogP contribution in [-0.2, 0) is 16.1 Å². The van der Waals surface area contributed by atoms with Gasteiger partial charge in [-0.25, -0.2) is 9.78 Å². The number of hydrogen-bond acceptors (Lipinski definition) is 6. The van der Waals surface area contributed by atoms with Gasteiger partial charge in [0, 0.05) is 12.3 Å². The van der Waals surface area contributed by atoms with Gasteiger partial charge in [-0.3, -0.25) is 9.69 Å². The van der Waals surface area contributed by atoms with Gasteiger partial charge in [-0.1, -0.05) is 42.5 Å². The van der Waals surface area contributed by atoms with Gasteiger partial charge in [-0.05, 0) is 35.0 Å². The maximum Gasteiger partial charge on any atom is 0.342 e. The van der Waals surface area contributed by atoms with Crippen molar-refractivity contribution in [1.82, 2.24) is 4.98 Å². The Balaban J connectivity index is 1.50. The van der Waals surface area contributed by atoms with Crippen LogP contribution >= 0.6 is 11.3 Å². The normalized spacial score (nSPS) is 10.7. The van der Waals surface area contributed by atoms with Crippen LogP contribution in [0.1, 0.15) is 23.0 Å². The van der Waals surface area contributed by atoms with Gasteiger partial charge in [0.1, 0.15) is 17.9 Å². The first-order valence-electron chi connectivity index (χ1n) is 9.22. The second kappa shape index (κ2) is 8.34. The summed E-state index contributed by atoms with van der Waals surface area (Å²) in [5.41, 5.74) is 1.33. The molecule has 0 aliphatic carbocycles. The fourth-order valence-electron chi connectivity index (χ4n) is 3.08. The molecule has 0 saturated carbocycles. The summed E-state index contributed by atoms with van der Waals surface area (Å²) < 4.78 is 5.34. The van der Waals surface area contributed by atoms with Crippen LogP contribution in [0.25, 0.3) is 10.8 Å². The Kier molecular flexibility index (Phi) is 5.45. The molecule has 0 saturated heterocycles. The van der Waals surface area contributed by atoms with E-state index >= 15 is 0 Å². The number of aromatic nitrogens is 1. The molecule has 30 heavy (non-hydrogen) atoms. The smallest absolute Gasteiger partial charge is 0.342 e. The summed E-state index contributed by atoms with van der Waals surface area (Å²) >= 11 is 1.29. The molecule has 0 spiro atoms. The topological polar surface area (TPSA) is 79.7 Å². The Bertz CT molecular complexity index is 1220. The van der Waals surface area contributed by atoms with Crippen molar-refractivity contribution in [3.63, 3.8) is 0 Å². The molecule has 6 nitrogen and oxygen atoms in total. The average molecular weight is 418 g/mol. The molecule has 1 amide bonds. The number of nitrogens with zero attached hydrogens (tertiary/aromatic N) is 2. The highest BCUT2D eigenvalue weighted by Crippen LogP contribution is 2.29. The lowest BCUT2D eigenvalue weighted by Crippen LogP contribution is -2.22. The molecule has 0 atom stereocenters. The number of para-hydroxylation sites is 1. The van der Waals surface area contributed by atoms with Gasteiger partial charge in [0.15, 0.2) is 5.13 Å². The Morgan fingerprint density at radius 3 is 2.40 bits per heavy atom. The fraction of sp³-hybridized carbons (Fsp3) is 0.0870. The molecular weight excluding hydrogens is 400 g/mol. The predicted octanol–water partition coefficient (Wildman–Crippen LogP) is 5.04. The summed E-state index contributed by atoms with van der Waals surface area (Å²) in [5, 5.41) is 14.1. The van der Waals surface area contributed by atoms with Gasteiger partial charge in [0.2, 0.25) is 5.91 Å². The standard InChI is InChI=1S/C23H18N2O4S/c1-15(26)25(19-9-3-2-4-10-19)23-24-18(14-30-23)13-29-22(28)20-11-16-7-5-6-8-17(16)12-21(20)27/h2-12,14,27H,13H2,1H3. The highest BCUT2D eigenvalue weighted by atomic mass is 32.1. The van der Waals surface area contributed by atoms with Crippen molar-refractivity contribution in [3.05, 3.63) is 83.4 Å². The maximum absolute atomic E-state index is 12.5. The molecule has 3 aromatic carbocycles. The first-order valence-corrected chi connectivity index (χ1v) is 10.1. The molecule has 4 rings (SSSR count). The average Bonchev–Trinajstić information content (AvgIpc) is 3.20. The Morgan fingerprint density at radius 2 is 1.70 bits per heavy atom. The van der Waals surface area contributed by atoms with Crippen molar-refractivity contribution >= 4 is 44.8 Å². The lowest BCUT2D eigenvalue weighted by atomic mass is 10.1. The summed E-state index contributed by atoms with van der Waals surface area (Å²) in [7, 11) is 0. The van der Waals surface area contributed by atoms with E-state index in [1.165, 1.54) is 29.2 Å². The molecule has 1 N–H and O–H groups in total. The number of phenolic OH excluding ortho intramolecular Hbond substituents is 1. The van der Waals surface area contributed by atoms with Crippen LogP contribution in [0.4, 0.5) is 10.8 Å². The van der Waals surface area contributed by atoms with E-state index in [1.54, 1.807) is 11.4 Å². The predicted molar refractivity (Wildman–Crippen MR) is 116 cm³/mol. The van der Waals surface area contributed by atoms with E-state index in [0.29, 0.717) is 16.5 Å². The Morgan fingerprint density at radius 1 is 1.03 bits per heavy atom. The first kappa shape index (κ1) is 19.6. The zero-order valence-electron chi connectivity index (χ0n) is 16.1. The van der Waals surface area contributed by atoms with Gasteiger partial charge in [0.25, 0.3) is 0 Å². The third-order valence-electron chi connectivity index (χ3n) is 4.50. The number of amides is 1. The molecule has 0 fully saturated rings. The van der Waals surface area contributed by atoms with Gasteiger partial charge < -0.3 is 9.84 Å². The van der Waals surface area contributed by atoms with Crippen LogP contribution in [-0.4, -0.2) is 22.0 Å². The monoisotopic (exact) mass is 418 g/mol. The largest absolute Gasteiger partial charge is 0.507 e. The van der Waals surface area contributed by atoms with Crippen molar-refractivity contribution in [1.29, 1.82) is 0 Å². The number of ether oxygens (including phenoxy) is 1. The second-order valence-electron chi connectivity index (χ2n) is 6.60.